The summed E-state index contributed by atoms with van der Waals surface area (Å²) < 4.78 is 47.7. The molecule has 3 aromatic rings. The smallest absolute Gasteiger partial charge is 0.325 e. The number of rotatable bonds is 28. The second-order valence-electron chi connectivity index (χ2n) is 22.2. The van der Waals surface area contributed by atoms with Gasteiger partial charge in [0.15, 0.2) is 11.5 Å². The number of hydrogen-bond acceptors (Lipinski definition) is 15. The Kier molecular flexibility index (Phi) is 21.8. The van der Waals surface area contributed by atoms with E-state index in [1.807, 2.05) is 85.7 Å². The Morgan fingerprint density at radius 3 is 2.17 bits per heavy atom. The minimum atomic E-state index is -4.93. The van der Waals surface area contributed by atoms with Crippen LogP contribution in [0.15, 0.2) is 113 Å². The molecule has 452 valence electrons. The van der Waals surface area contributed by atoms with Crippen molar-refractivity contribution in [3.05, 3.63) is 119 Å². The van der Waals surface area contributed by atoms with Gasteiger partial charge in [-0.2, -0.15) is 13.0 Å². The summed E-state index contributed by atoms with van der Waals surface area (Å²) in [6.07, 6.45) is 5.57. The molecule has 3 atom stereocenters. The molecular weight excluding hydrogens is 1160 g/mol. The number of fused-ring (bicyclic) bond motifs is 2. The van der Waals surface area contributed by atoms with Crippen molar-refractivity contribution in [1.82, 2.24) is 36.5 Å². The van der Waals surface area contributed by atoms with E-state index in [1.54, 1.807) is 6.20 Å². The van der Waals surface area contributed by atoms with Crippen LogP contribution in [-0.4, -0.2) is 154 Å². The summed E-state index contributed by atoms with van der Waals surface area (Å²) in [4.78, 5) is 122. The van der Waals surface area contributed by atoms with Gasteiger partial charge in [0.05, 0.1) is 22.8 Å². The number of pyridine rings is 1. The summed E-state index contributed by atoms with van der Waals surface area (Å²) in [5.74, 6) is -5.18. The molecule has 2 aromatic carbocycles. The molecule has 6 amide bonds. The summed E-state index contributed by atoms with van der Waals surface area (Å²) in [7, 11) is -2.67. The molecule has 22 nitrogen and oxygen atoms in total. The average Bonchev–Trinajstić information content (AvgIpc) is 2.00. The third-order valence-corrected chi connectivity index (χ3v) is 19.3. The van der Waals surface area contributed by atoms with Crippen LogP contribution in [0, 0.1) is 0 Å². The van der Waals surface area contributed by atoms with E-state index in [9.17, 15) is 60.9 Å². The lowest BCUT2D eigenvalue weighted by atomic mass is 9.76. The minimum absolute atomic E-state index is 0.0135. The van der Waals surface area contributed by atoms with Gasteiger partial charge in [-0.1, -0.05) is 67.1 Å². The van der Waals surface area contributed by atoms with Crippen LogP contribution >= 0.6 is 29.2 Å². The fourth-order valence-corrected chi connectivity index (χ4v) is 14.1. The number of ketones is 1. The van der Waals surface area contributed by atoms with Gasteiger partial charge in [-0.05, 0) is 99.4 Å². The summed E-state index contributed by atoms with van der Waals surface area (Å²) in [6, 6.07) is 17.4. The van der Waals surface area contributed by atoms with Crippen molar-refractivity contribution in [3.63, 3.8) is 0 Å². The summed E-state index contributed by atoms with van der Waals surface area (Å²) in [6.45, 7) is 9.33. The maximum absolute atomic E-state index is 14.6. The van der Waals surface area contributed by atoms with Crippen LogP contribution in [-0.2, 0) is 59.1 Å². The van der Waals surface area contributed by atoms with Gasteiger partial charge in [-0.15, -0.1) is 0 Å². The molecule has 4 aliphatic rings. The molecule has 8 N–H and O–H groups in total. The number of aromatic nitrogens is 1. The van der Waals surface area contributed by atoms with Gasteiger partial charge in [0, 0.05) is 98.0 Å². The highest BCUT2D eigenvalue weighted by molar-refractivity contribution is 8.76. The summed E-state index contributed by atoms with van der Waals surface area (Å²) in [5.41, 5.74) is 6.75. The van der Waals surface area contributed by atoms with E-state index >= 15 is 0 Å². The summed E-state index contributed by atoms with van der Waals surface area (Å²) >= 11 is 0. The topological polar surface area (TPSA) is 314 Å². The van der Waals surface area contributed by atoms with E-state index in [2.05, 4.69) is 80.9 Å². The highest BCUT2D eigenvalue weighted by Crippen LogP contribution is 2.49. The van der Waals surface area contributed by atoms with Gasteiger partial charge < -0.3 is 40.9 Å². The number of benzene rings is 2. The number of imide groups is 1. The molecule has 1 aliphatic carbocycles. The minimum Gasteiger partial charge on any atom is -0.358 e. The predicted octanol–water partition coefficient (Wildman–Crippen LogP) is 5.10. The highest BCUT2D eigenvalue weighted by atomic mass is 33.1. The second-order valence-corrected chi connectivity index (χ2v) is 27.9. The lowest BCUT2D eigenvalue weighted by Crippen LogP contribution is -2.56. The van der Waals surface area contributed by atoms with Crippen LogP contribution in [0.2, 0.25) is 0 Å². The molecule has 1 fully saturated rings. The SMILES string of the molecule is CN1/C(=C/C2=C(N3CCCC3C(=O)NC(=O)CCCCC(=O)NC(CS(=O)(=O)O)C(=O)NC(CCP(=O)(O)O)C(=O)NCCCCC(=O)NCCSSc3ccccn3)C(=C/C3=[N+](C)c4ccccc4C3(C)C)/C2=O)C(C)(C)c2ccccc21. The van der Waals surface area contributed by atoms with Crippen molar-refractivity contribution in [3.8, 4) is 0 Å². The predicted molar refractivity (Wildman–Crippen MR) is 322 cm³/mol. The molecule has 7 rings (SSSR count). The van der Waals surface area contributed by atoms with E-state index in [1.165, 1.54) is 21.6 Å². The second kappa shape index (κ2) is 28.2. The molecular formula is C58H75N9O13PS3+. The van der Waals surface area contributed by atoms with E-state index in [0.29, 0.717) is 61.4 Å². The Bertz CT molecular complexity index is 3330. The molecule has 0 saturated carbocycles. The van der Waals surface area contributed by atoms with Crippen molar-refractivity contribution in [2.75, 3.05) is 56.3 Å². The van der Waals surface area contributed by atoms with Gasteiger partial charge in [-0.25, -0.2) is 4.98 Å². The van der Waals surface area contributed by atoms with E-state index < -0.39 is 94.5 Å². The van der Waals surface area contributed by atoms with E-state index in [0.717, 1.165) is 38.9 Å². The molecule has 0 bridgehead atoms. The lowest BCUT2D eigenvalue weighted by Gasteiger charge is -2.37. The van der Waals surface area contributed by atoms with Crippen LogP contribution in [0.5, 0.6) is 0 Å². The van der Waals surface area contributed by atoms with Gasteiger partial charge >= 0.3 is 7.60 Å². The standard InChI is InChI=1S/C58H74N9O13PS3/c1-57(2)39-18-7-9-20-43(39)65(5)46(57)34-37-52(38(53(37)71)35-47-58(3,4)40-19-8-10-21-44(40)66(47)6)67-31-17-22-45(67)56(74)64-50(70)25-12-11-24-49(69)62-42(36-84(78,79)80)55(73)63-41(27-32-81(75,76)77)54(72)61-29-15-13-23-48(68)59-30-33-82-83-51-26-14-16-28-60-51/h7-10,14,16,18-21,26,28,34-35,41-42,45H,11-13,15,17,22-25,27,29-33,36H2,1-6H3,(H7-,59,61,62,63,64,68,69,70,72,73,74,75,76,77,78,79,80)/p+1. The van der Waals surface area contributed by atoms with E-state index in [-0.39, 0.29) is 50.3 Å². The number of likely N-dealkylation sites (N-methyl/N-ethyl adjacent to an activating group) is 1. The number of Topliss-reactive ketones (excluding diaryl/α,β-unsaturated/α-hetero) is 1. The number of carbonyl (C=O) groups is 7. The van der Waals surface area contributed by atoms with Gasteiger partial charge in [0.2, 0.25) is 41.1 Å². The lowest BCUT2D eigenvalue weighted by molar-refractivity contribution is -0.401. The van der Waals surface area contributed by atoms with Crippen molar-refractivity contribution in [1.29, 1.82) is 0 Å². The van der Waals surface area contributed by atoms with Crippen LogP contribution in [0.1, 0.15) is 103 Å². The Balaban J connectivity index is 0.928. The molecule has 1 aromatic heterocycles. The number of nitrogens with zero attached hydrogens (tertiary/aromatic N) is 4. The fourth-order valence-electron chi connectivity index (χ4n) is 11.0. The Labute approximate surface area is 497 Å². The number of amides is 6. The van der Waals surface area contributed by atoms with Crippen molar-refractivity contribution < 1.29 is 65.5 Å². The number of unbranched alkanes of at least 4 members (excludes halogenated alkanes) is 2. The van der Waals surface area contributed by atoms with Gasteiger partial charge in [0.25, 0.3) is 10.1 Å². The first kappa shape index (κ1) is 65.1. The first-order valence-corrected chi connectivity index (χ1v) is 33.6. The third kappa shape index (κ3) is 16.5. The normalized spacial score (nSPS) is 18.7. The molecule has 0 spiro atoms. The zero-order valence-corrected chi connectivity index (χ0v) is 51.4. The van der Waals surface area contributed by atoms with Crippen molar-refractivity contribution >= 4 is 97.6 Å². The van der Waals surface area contributed by atoms with Gasteiger partial charge in [0.1, 0.15) is 36.0 Å². The third-order valence-electron chi connectivity index (χ3n) is 15.4. The van der Waals surface area contributed by atoms with Crippen LogP contribution in [0.3, 0.4) is 0 Å². The Morgan fingerprint density at radius 1 is 0.821 bits per heavy atom. The highest BCUT2D eigenvalue weighted by Gasteiger charge is 2.49. The zero-order valence-electron chi connectivity index (χ0n) is 48.0. The monoisotopic (exact) mass is 1230 g/mol. The van der Waals surface area contributed by atoms with Crippen LogP contribution < -0.4 is 31.5 Å². The molecule has 3 unspecified atom stereocenters. The molecule has 3 aliphatic heterocycles. The number of para-hydroxylation sites is 2. The van der Waals surface area contributed by atoms with E-state index in [4.69, 9.17) is 0 Å². The number of anilines is 1. The quantitative estimate of drug-likeness (QED) is 0.0117. The van der Waals surface area contributed by atoms with Crippen LogP contribution in [0.4, 0.5) is 11.4 Å². The number of likely N-dealkylation sites (tertiary alicyclic amines) is 1. The van der Waals surface area contributed by atoms with Crippen LogP contribution in [0.25, 0.3) is 0 Å². The maximum atomic E-state index is 14.6. The van der Waals surface area contributed by atoms with Gasteiger partial charge in [-0.3, -0.25) is 48.0 Å². The maximum Gasteiger partial charge on any atom is 0.325 e. The first-order valence-electron chi connectivity index (χ1n) is 27.9. The fraction of sp³-hybridized carbons (Fsp3) is 0.466. The molecule has 1 saturated heterocycles. The zero-order chi connectivity index (χ0) is 61.1. The number of carbonyl (C=O) groups excluding carboxylic acids is 7. The molecule has 4 heterocycles. The Hall–Kier alpha value is -6.47. The summed E-state index contributed by atoms with van der Waals surface area (Å²) in [5, 5.41) is 13.2. The largest absolute Gasteiger partial charge is 0.358 e. The number of nitrogens with one attached hydrogen (secondary N) is 5. The molecule has 0 radical (unpaired) electrons. The van der Waals surface area contributed by atoms with Crippen molar-refractivity contribution in [2.45, 2.75) is 126 Å². The van der Waals surface area contributed by atoms with Crippen molar-refractivity contribution in [2.24, 2.45) is 0 Å². The molecule has 26 heteroatoms. The Morgan fingerprint density at radius 2 is 1.49 bits per heavy atom. The average molecular weight is 1230 g/mol. The molecule has 84 heavy (non-hydrogen) atoms. The number of allylic oxidation sites excluding steroid dienone is 5. The first-order chi connectivity index (χ1) is 39.7. The number of hydrogen-bond donors (Lipinski definition) is 8.